The number of carbonyl (C=O) groups excluding carboxylic acids is 2. The van der Waals surface area contributed by atoms with Crippen molar-refractivity contribution in [2.45, 2.75) is 26.8 Å². The first-order valence-electron chi connectivity index (χ1n) is 7.95. The van der Waals surface area contributed by atoms with Gasteiger partial charge in [-0.25, -0.2) is 0 Å². The minimum atomic E-state index is -0.0593. The van der Waals surface area contributed by atoms with E-state index in [1.807, 2.05) is 50.2 Å². The van der Waals surface area contributed by atoms with Gasteiger partial charge in [0.2, 0.25) is 11.8 Å². The zero-order valence-corrected chi connectivity index (χ0v) is 14.0. The molecule has 5 nitrogen and oxygen atoms in total. The third-order valence-electron chi connectivity index (χ3n) is 3.55. The molecule has 0 aliphatic heterocycles. The lowest BCUT2D eigenvalue weighted by Crippen LogP contribution is -2.24. The van der Waals surface area contributed by atoms with Gasteiger partial charge in [0.25, 0.3) is 0 Å². The standard InChI is InChI=1S/C19H23N3O2/c1-13(2)19(24)22-17-8-6-14(7-9-17)12-21-18(23)11-15-4-3-5-16(20)10-15/h3-10,13H,11-12,20H2,1-2H3,(H,21,23)(H,22,24). The molecule has 0 bridgehead atoms. The zero-order valence-electron chi connectivity index (χ0n) is 14.0. The molecule has 5 heteroatoms. The maximum Gasteiger partial charge on any atom is 0.226 e. The minimum Gasteiger partial charge on any atom is -0.399 e. The van der Waals surface area contributed by atoms with Gasteiger partial charge in [-0.15, -0.1) is 0 Å². The summed E-state index contributed by atoms with van der Waals surface area (Å²) in [6.07, 6.45) is 0.299. The molecule has 0 heterocycles. The van der Waals surface area contributed by atoms with Crippen molar-refractivity contribution < 1.29 is 9.59 Å². The second kappa shape index (κ2) is 8.15. The van der Waals surface area contributed by atoms with Crippen molar-refractivity contribution in [1.82, 2.24) is 5.32 Å². The molecule has 2 amide bonds. The van der Waals surface area contributed by atoms with Gasteiger partial charge in [0.1, 0.15) is 0 Å². The maximum atomic E-state index is 12.0. The Morgan fingerprint density at radius 1 is 1.04 bits per heavy atom. The Morgan fingerprint density at radius 3 is 2.38 bits per heavy atom. The highest BCUT2D eigenvalue weighted by atomic mass is 16.2. The molecule has 0 radical (unpaired) electrons. The first kappa shape index (κ1) is 17.5. The Bertz CT molecular complexity index is 709. The van der Waals surface area contributed by atoms with E-state index >= 15 is 0 Å². The lowest BCUT2D eigenvalue weighted by Gasteiger charge is -2.09. The summed E-state index contributed by atoms with van der Waals surface area (Å²) in [6.45, 7) is 4.14. The van der Waals surface area contributed by atoms with Crippen LogP contribution in [0.3, 0.4) is 0 Å². The Balaban J connectivity index is 1.83. The highest BCUT2D eigenvalue weighted by molar-refractivity contribution is 5.92. The highest BCUT2D eigenvalue weighted by Gasteiger charge is 2.07. The number of benzene rings is 2. The SMILES string of the molecule is CC(C)C(=O)Nc1ccc(CNC(=O)Cc2cccc(N)c2)cc1. The minimum absolute atomic E-state index is 0.0156. The van der Waals surface area contributed by atoms with Crippen molar-refractivity contribution >= 4 is 23.2 Å². The topological polar surface area (TPSA) is 84.2 Å². The van der Waals surface area contributed by atoms with Crippen LogP contribution < -0.4 is 16.4 Å². The number of anilines is 2. The summed E-state index contributed by atoms with van der Waals surface area (Å²) in [7, 11) is 0. The average molecular weight is 325 g/mol. The molecule has 0 aromatic heterocycles. The van der Waals surface area contributed by atoms with Crippen molar-refractivity contribution in [1.29, 1.82) is 0 Å². The van der Waals surface area contributed by atoms with Crippen molar-refractivity contribution in [2.24, 2.45) is 5.92 Å². The fourth-order valence-corrected chi connectivity index (χ4v) is 2.14. The molecule has 2 aromatic carbocycles. The van der Waals surface area contributed by atoms with Crippen molar-refractivity contribution in [3.05, 3.63) is 59.7 Å². The van der Waals surface area contributed by atoms with Crippen LogP contribution in [0.2, 0.25) is 0 Å². The van der Waals surface area contributed by atoms with E-state index in [0.717, 1.165) is 16.8 Å². The summed E-state index contributed by atoms with van der Waals surface area (Å²) < 4.78 is 0. The smallest absolute Gasteiger partial charge is 0.226 e. The Hall–Kier alpha value is -2.82. The van der Waals surface area contributed by atoms with Crippen LogP contribution in [0.15, 0.2) is 48.5 Å². The van der Waals surface area contributed by atoms with Crippen LogP contribution in [0.4, 0.5) is 11.4 Å². The average Bonchev–Trinajstić information content (AvgIpc) is 2.54. The molecule has 0 saturated carbocycles. The highest BCUT2D eigenvalue weighted by Crippen LogP contribution is 2.11. The number of nitrogen functional groups attached to an aromatic ring is 1. The molecule has 24 heavy (non-hydrogen) atoms. The van der Waals surface area contributed by atoms with Gasteiger partial charge in [0, 0.05) is 23.8 Å². The van der Waals surface area contributed by atoms with Crippen molar-refractivity contribution in [2.75, 3.05) is 11.1 Å². The Labute approximate surface area is 142 Å². The zero-order chi connectivity index (χ0) is 17.5. The number of nitrogens with two attached hydrogens (primary N) is 1. The maximum absolute atomic E-state index is 12.0. The molecule has 0 aliphatic carbocycles. The van der Waals surface area contributed by atoms with Crippen LogP contribution in [0, 0.1) is 5.92 Å². The van der Waals surface area contributed by atoms with Crippen molar-refractivity contribution in [3.63, 3.8) is 0 Å². The van der Waals surface area contributed by atoms with Gasteiger partial charge in [0.15, 0.2) is 0 Å². The third-order valence-corrected chi connectivity index (χ3v) is 3.55. The molecule has 4 N–H and O–H groups in total. The summed E-state index contributed by atoms with van der Waals surface area (Å²) in [5, 5.41) is 5.71. The summed E-state index contributed by atoms with van der Waals surface area (Å²) in [6, 6.07) is 14.7. The third kappa shape index (κ3) is 5.43. The molecule has 0 unspecified atom stereocenters. The lowest BCUT2D eigenvalue weighted by atomic mass is 10.1. The van der Waals surface area contributed by atoms with Crippen LogP contribution >= 0.6 is 0 Å². The largest absolute Gasteiger partial charge is 0.399 e. The van der Waals surface area contributed by atoms with Crippen LogP contribution in [-0.4, -0.2) is 11.8 Å². The van der Waals surface area contributed by atoms with Gasteiger partial charge in [-0.1, -0.05) is 38.1 Å². The van der Waals surface area contributed by atoms with E-state index in [2.05, 4.69) is 10.6 Å². The second-order valence-corrected chi connectivity index (χ2v) is 6.04. The number of hydrogen-bond donors (Lipinski definition) is 3. The van der Waals surface area contributed by atoms with E-state index in [1.165, 1.54) is 0 Å². The molecule has 0 spiro atoms. The van der Waals surface area contributed by atoms with Gasteiger partial charge < -0.3 is 16.4 Å². The number of hydrogen-bond acceptors (Lipinski definition) is 3. The van der Waals surface area contributed by atoms with Crippen LogP contribution in [0.25, 0.3) is 0 Å². The summed E-state index contributed by atoms with van der Waals surface area (Å²) in [5.74, 6) is -0.132. The van der Waals surface area contributed by atoms with Crippen LogP contribution in [0.1, 0.15) is 25.0 Å². The van der Waals surface area contributed by atoms with Gasteiger partial charge in [-0.3, -0.25) is 9.59 Å². The molecule has 2 rings (SSSR count). The summed E-state index contributed by atoms with van der Waals surface area (Å²) in [4.78, 5) is 23.6. The summed E-state index contributed by atoms with van der Waals surface area (Å²) in [5.41, 5.74) is 8.97. The van der Waals surface area contributed by atoms with E-state index < -0.39 is 0 Å². The van der Waals surface area contributed by atoms with E-state index in [1.54, 1.807) is 12.1 Å². The Morgan fingerprint density at radius 2 is 1.75 bits per heavy atom. The van der Waals surface area contributed by atoms with E-state index in [-0.39, 0.29) is 17.7 Å². The molecular formula is C19H23N3O2. The number of amides is 2. The molecular weight excluding hydrogens is 302 g/mol. The van der Waals surface area contributed by atoms with E-state index in [0.29, 0.717) is 18.7 Å². The lowest BCUT2D eigenvalue weighted by molar-refractivity contribution is -0.120. The van der Waals surface area contributed by atoms with E-state index in [4.69, 9.17) is 5.73 Å². The Kier molecular flexibility index (Phi) is 5.95. The molecule has 0 atom stereocenters. The van der Waals surface area contributed by atoms with E-state index in [9.17, 15) is 9.59 Å². The number of carbonyl (C=O) groups is 2. The number of rotatable bonds is 6. The van der Waals surface area contributed by atoms with Gasteiger partial charge in [-0.05, 0) is 35.4 Å². The molecule has 0 aliphatic rings. The molecule has 2 aromatic rings. The molecule has 0 saturated heterocycles. The first-order valence-corrected chi connectivity index (χ1v) is 7.95. The van der Waals surface area contributed by atoms with Gasteiger partial charge in [0.05, 0.1) is 6.42 Å². The number of nitrogens with one attached hydrogen (secondary N) is 2. The monoisotopic (exact) mass is 325 g/mol. The predicted molar refractivity (Wildman–Crippen MR) is 96.3 cm³/mol. The normalized spacial score (nSPS) is 10.5. The fraction of sp³-hybridized carbons (Fsp3) is 0.263. The summed E-state index contributed by atoms with van der Waals surface area (Å²) >= 11 is 0. The fourth-order valence-electron chi connectivity index (χ4n) is 2.14. The molecule has 0 fully saturated rings. The van der Waals surface area contributed by atoms with Gasteiger partial charge >= 0.3 is 0 Å². The molecule has 126 valence electrons. The van der Waals surface area contributed by atoms with Gasteiger partial charge in [-0.2, -0.15) is 0 Å². The predicted octanol–water partition coefficient (Wildman–Crippen LogP) is 2.72. The quantitative estimate of drug-likeness (QED) is 0.714. The second-order valence-electron chi connectivity index (χ2n) is 6.04. The van der Waals surface area contributed by atoms with Crippen LogP contribution in [-0.2, 0) is 22.6 Å². The van der Waals surface area contributed by atoms with Crippen LogP contribution in [0.5, 0.6) is 0 Å². The first-order chi connectivity index (χ1) is 11.4. The van der Waals surface area contributed by atoms with Crippen molar-refractivity contribution in [3.8, 4) is 0 Å².